The van der Waals surface area contributed by atoms with E-state index < -0.39 is 6.03 Å². The molecule has 0 atom stereocenters. The number of carbonyl (C=O) groups is 1. The number of anilines is 1. The fourth-order valence-electron chi connectivity index (χ4n) is 1.52. The Balaban J connectivity index is 2.25. The largest absolute Gasteiger partial charge is 0.351 e. The van der Waals surface area contributed by atoms with Gasteiger partial charge in [0, 0.05) is 0 Å². The van der Waals surface area contributed by atoms with Crippen molar-refractivity contribution in [2.24, 2.45) is 5.73 Å². The van der Waals surface area contributed by atoms with Gasteiger partial charge in [0.25, 0.3) is 0 Å². The van der Waals surface area contributed by atoms with Crippen LogP contribution in [0.25, 0.3) is 0 Å². The second-order valence-corrected chi connectivity index (χ2v) is 3.04. The van der Waals surface area contributed by atoms with Crippen molar-refractivity contribution in [3.63, 3.8) is 0 Å². The van der Waals surface area contributed by atoms with Crippen LogP contribution in [0.5, 0.6) is 0 Å². The molecule has 1 aliphatic carbocycles. The number of rotatable bonds is 1. The molecule has 1 aromatic rings. The van der Waals surface area contributed by atoms with Crippen molar-refractivity contribution in [3.05, 3.63) is 17.3 Å². The number of nitrogens with one attached hydrogen (secondary N) is 1. The molecular weight excluding hydrogens is 168 g/mol. The van der Waals surface area contributed by atoms with Gasteiger partial charge in [-0.25, -0.2) is 4.79 Å². The first kappa shape index (κ1) is 7.97. The Morgan fingerprint density at radius 2 is 2.31 bits per heavy atom. The number of primary amides is 1. The zero-order valence-electron chi connectivity index (χ0n) is 7.08. The molecule has 0 unspecified atom stereocenters. The zero-order valence-corrected chi connectivity index (χ0v) is 7.08. The van der Waals surface area contributed by atoms with Gasteiger partial charge in [-0.2, -0.15) is 5.10 Å². The molecule has 0 bridgehead atoms. The summed E-state index contributed by atoms with van der Waals surface area (Å²) in [4.78, 5) is 10.5. The van der Waals surface area contributed by atoms with Gasteiger partial charge in [-0.3, -0.25) is 5.32 Å². The number of amides is 2. The second-order valence-electron chi connectivity index (χ2n) is 3.04. The van der Waals surface area contributed by atoms with Crippen molar-refractivity contribution in [2.75, 3.05) is 5.32 Å². The average molecular weight is 178 g/mol. The highest BCUT2D eigenvalue weighted by atomic mass is 16.2. The van der Waals surface area contributed by atoms with Gasteiger partial charge in [-0.15, -0.1) is 5.10 Å². The van der Waals surface area contributed by atoms with Crippen LogP contribution in [0.3, 0.4) is 0 Å². The third kappa shape index (κ3) is 1.58. The Morgan fingerprint density at radius 1 is 1.46 bits per heavy atom. The van der Waals surface area contributed by atoms with Gasteiger partial charge in [0.15, 0.2) is 5.82 Å². The maximum atomic E-state index is 10.5. The summed E-state index contributed by atoms with van der Waals surface area (Å²) in [6.45, 7) is 0. The molecule has 13 heavy (non-hydrogen) atoms. The Morgan fingerprint density at radius 3 is 3.08 bits per heavy atom. The lowest BCUT2D eigenvalue weighted by atomic mass is 10.2. The third-order valence-electron chi connectivity index (χ3n) is 2.07. The Bertz CT molecular complexity index is 350. The topological polar surface area (TPSA) is 80.9 Å². The fraction of sp³-hybridized carbons (Fsp3) is 0.375. The van der Waals surface area contributed by atoms with Crippen LogP contribution in [0.2, 0.25) is 0 Å². The van der Waals surface area contributed by atoms with Crippen LogP contribution in [-0.2, 0) is 12.8 Å². The summed E-state index contributed by atoms with van der Waals surface area (Å²) < 4.78 is 0. The van der Waals surface area contributed by atoms with E-state index in [0.717, 1.165) is 25.0 Å². The van der Waals surface area contributed by atoms with Crippen LogP contribution in [0.15, 0.2) is 6.07 Å². The minimum atomic E-state index is -0.604. The predicted octanol–water partition coefficient (Wildman–Crippen LogP) is 0.456. The maximum absolute atomic E-state index is 10.5. The fourth-order valence-corrected chi connectivity index (χ4v) is 1.52. The Hall–Kier alpha value is -1.65. The second kappa shape index (κ2) is 3.01. The van der Waals surface area contributed by atoms with Gasteiger partial charge in [0.1, 0.15) is 0 Å². The van der Waals surface area contributed by atoms with Gasteiger partial charge in [-0.05, 0) is 30.9 Å². The molecule has 0 aromatic carbocycles. The standard InChI is InChI=1S/C8H10N4O/c9-8(13)10-7-4-5-2-1-3-6(5)11-12-7/h4H,1-3H2,(H3,9,10,12,13). The van der Waals surface area contributed by atoms with Gasteiger partial charge >= 0.3 is 6.03 Å². The highest BCUT2D eigenvalue weighted by molar-refractivity contribution is 5.86. The molecule has 2 rings (SSSR count). The van der Waals surface area contributed by atoms with E-state index in [1.54, 1.807) is 0 Å². The van der Waals surface area contributed by atoms with Crippen LogP contribution >= 0.6 is 0 Å². The number of nitrogens with zero attached hydrogens (tertiary/aromatic N) is 2. The zero-order chi connectivity index (χ0) is 9.26. The van der Waals surface area contributed by atoms with E-state index in [2.05, 4.69) is 15.5 Å². The molecule has 0 saturated heterocycles. The van der Waals surface area contributed by atoms with Crippen molar-refractivity contribution in [1.82, 2.24) is 10.2 Å². The third-order valence-corrected chi connectivity index (χ3v) is 2.07. The predicted molar refractivity (Wildman–Crippen MR) is 47.3 cm³/mol. The van der Waals surface area contributed by atoms with E-state index in [-0.39, 0.29) is 0 Å². The normalized spacial score (nSPS) is 13.8. The smallest absolute Gasteiger partial charge is 0.317 e. The molecule has 2 amide bonds. The van der Waals surface area contributed by atoms with Crippen molar-refractivity contribution >= 4 is 11.8 Å². The molecule has 3 N–H and O–H groups in total. The molecular formula is C8H10N4O. The minimum absolute atomic E-state index is 0.438. The van der Waals surface area contributed by atoms with Crippen LogP contribution in [0.1, 0.15) is 17.7 Å². The summed E-state index contributed by atoms with van der Waals surface area (Å²) >= 11 is 0. The maximum Gasteiger partial charge on any atom is 0.317 e. The quantitative estimate of drug-likeness (QED) is 0.655. The summed E-state index contributed by atoms with van der Waals surface area (Å²) in [6, 6.07) is 1.23. The first-order chi connectivity index (χ1) is 6.25. The van der Waals surface area contributed by atoms with E-state index in [4.69, 9.17) is 5.73 Å². The van der Waals surface area contributed by atoms with Crippen molar-refractivity contribution < 1.29 is 4.79 Å². The van der Waals surface area contributed by atoms with Crippen LogP contribution in [0.4, 0.5) is 10.6 Å². The monoisotopic (exact) mass is 178 g/mol. The van der Waals surface area contributed by atoms with E-state index >= 15 is 0 Å². The molecule has 0 fully saturated rings. The number of aromatic nitrogens is 2. The first-order valence-corrected chi connectivity index (χ1v) is 4.17. The molecule has 1 heterocycles. The molecule has 0 radical (unpaired) electrons. The van der Waals surface area contributed by atoms with Gasteiger partial charge in [0.2, 0.25) is 0 Å². The van der Waals surface area contributed by atoms with Gasteiger partial charge in [-0.1, -0.05) is 0 Å². The number of urea groups is 1. The minimum Gasteiger partial charge on any atom is -0.351 e. The molecule has 0 aliphatic heterocycles. The van der Waals surface area contributed by atoms with Crippen molar-refractivity contribution in [3.8, 4) is 0 Å². The molecule has 5 nitrogen and oxygen atoms in total. The van der Waals surface area contributed by atoms with E-state index in [1.807, 2.05) is 6.07 Å². The lowest BCUT2D eigenvalue weighted by molar-refractivity contribution is 0.259. The van der Waals surface area contributed by atoms with Crippen molar-refractivity contribution in [1.29, 1.82) is 0 Å². The summed E-state index contributed by atoms with van der Waals surface area (Å²) in [7, 11) is 0. The lowest BCUT2D eigenvalue weighted by Crippen LogP contribution is -2.20. The van der Waals surface area contributed by atoms with Crippen LogP contribution in [-0.4, -0.2) is 16.2 Å². The molecule has 68 valence electrons. The van der Waals surface area contributed by atoms with E-state index in [9.17, 15) is 4.79 Å². The molecule has 5 heteroatoms. The lowest BCUT2D eigenvalue weighted by Gasteiger charge is -2.01. The van der Waals surface area contributed by atoms with Gasteiger partial charge < -0.3 is 5.73 Å². The Labute approximate surface area is 75.3 Å². The number of fused-ring (bicyclic) bond motifs is 1. The SMILES string of the molecule is NC(=O)Nc1cc2c(nn1)CCC2. The summed E-state index contributed by atoms with van der Waals surface area (Å²) in [5, 5.41) is 10.2. The number of hydrogen-bond acceptors (Lipinski definition) is 3. The highest BCUT2D eigenvalue weighted by Crippen LogP contribution is 2.20. The number of aryl methyl sites for hydroxylation is 2. The van der Waals surface area contributed by atoms with Gasteiger partial charge in [0.05, 0.1) is 5.69 Å². The summed E-state index contributed by atoms with van der Waals surface area (Å²) in [6.07, 6.45) is 3.11. The number of carbonyl (C=O) groups excluding carboxylic acids is 1. The summed E-state index contributed by atoms with van der Waals surface area (Å²) in [5.41, 5.74) is 7.15. The number of nitrogens with two attached hydrogens (primary N) is 1. The van der Waals surface area contributed by atoms with E-state index in [1.165, 1.54) is 5.56 Å². The number of hydrogen-bond donors (Lipinski definition) is 2. The highest BCUT2D eigenvalue weighted by Gasteiger charge is 2.13. The van der Waals surface area contributed by atoms with Crippen LogP contribution in [0, 0.1) is 0 Å². The molecule has 0 saturated carbocycles. The molecule has 1 aliphatic rings. The van der Waals surface area contributed by atoms with E-state index in [0.29, 0.717) is 5.82 Å². The summed E-state index contributed by atoms with van der Waals surface area (Å²) in [5.74, 6) is 0.438. The Kier molecular flexibility index (Phi) is 1.84. The first-order valence-electron chi connectivity index (χ1n) is 4.17. The molecule has 0 spiro atoms. The molecule has 1 aromatic heterocycles. The average Bonchev–Trinajstić information content (AvgIpc) is 2.49. The van der Waals surface area contributed by atoms with Crippen LogP contribution < -0.4 is 11.1 Å². The van der Waals surface area contributed by atoms with Crippen molar-refractivity contribution in [2.45, 2.75) is 19.3 Å².